The van der Waals surface area contributed by atoms with Crippen LogP contribution in [0.15, 0.2) is 52.9 Å². The lowest BCUT2D eigenvalue weighted by molar-refractivity contribution is 0.283. The lowest BCUT2D eigenvalue weighted by atomic mass is 9.77. The van der Waals surface area contributed by atoms with E-state index < -0.39 is 5.92 Å². The third kappa shape index (κ3) is 3.37. The lowest BCUT2D eigenvalue weighted by Gasteiger charge is -2.26. The van der Waals surface area contributed by atoms with E-state index in [0.29, 0.717) is 30.3 Å². The van der Waals surface area contributed by atoms with E-state index in [-0.39, 0.29) is 5.92 Å². The minimum absolute atomic E-state index is 0.362. The quantitative estimate of drug-likeness (QED) is 0.723. The van der Waals surface area contributed by atoms with Crippen LogP contribution in [0.2, 0.25) is 0 Å². The van der Waals surface area contributed by atoms with Crippen molar-refractivity contribution in [1.29, 1.82) is 10.5 Å². The molecule has 144 valence electrons. The number of H-pyrrole nitrogens is 1. The molecule has 2 aromatic heterocycles. The fourth-order valence-corrected chi connectivity index (χ4v) is 3.68. The van der Waals surface area contributed by atoms with Crippen molar-refractivity contribution in [2.75, 3.05) is 6.61 Å². The molecule has 2 atom stereocenters. The van der Waals surface area contributed by atoms with Crippen LogP contribution in [0.4, 0.5) is 0 Å². The van der Waals surface area contributed by atoms with Crippen molar-refractivity contribution in [3.8, 4) is 18.0 Å². The Balaban J connectivity index is 1.67. The number of nitrogens with zero attached hydrogens (tertiary/aromatic N) is 6. The molecule has 2 unspecified atom stereocenters. The zero-order valence-electron chi connectivity index (χ0n) is 16.1. The number of allylic oxidation sites excluding steroid dienone is 2. The number of nitriles is 2. The first-order valence-corrected chi connectivity index (χ1v) is 9.26. The van der Waals surface area contributed by atoms with Crippen LogP contribution < -0.4 is 4.74 Å². The van der Waals surface area contributed by atoms with E-state index in [1.165, 1.54) is 0 Å². The zero-order valence-corrected chi connectivity index (χ0v) is 16.1. The lowest BCUT2D eigenvalue weighted by Crippen LogP contribution is -2.24. The summed E-state index contributed by atoms with van der Waals surface area (Å²) in [5.74, 6) is -0.358. The fourth-order valence-electron chi connectivity index (χ4n) is 3.68. The monoisotopic (exact) mass is 385 g/mol. The summed E-state index contributed by atoms with van der Waals surface area (Å²) in [6.07, 6.45) is 3.59. The molecule has 0 bridgehead atoms. The van der Waals surface area contributed by atoms with Crippen LogP contribution in [-0.2, 0) is 6.54 Å². The van der Waals surface area contributed by atoms with Gasteiger partial charge in [0.1, 0.15) is 6.61 Å². The number of benzene rings is 1. The predicted molar refractivity (Wildman–Crippen MR) is 107 cm³/mol. The second-order valence-corrected chi connectivity index (χ2v) is 6.90. The van der Waals surface area contributed by atoms with Crippen LogP contribution in [0.25, 0.3) is 10.9 Å². The number of rotatable bonds is 5. The van der Waals surface area contributed by atoms with Gasteiger partial charge in [-0.3, -0.25) is 14.8 Å². The number of fused-ring (bicyclic) bond motifs is 1. The van der Waals surface area contributed by atoms with Crippen molar-refractivity contribution in [2.24, 2.45) is 10.9 Å². The van der Waals surface area contributed by atoms with E-state index in [0.717, 1.165) is 22.2 Å². The first-order chi connectivity index (χ1) is 14.1. The molecule has 0 fully saturated rings. The van der Waals surface area contributed by atoms with Crippen molar-refractivity contribution < 1.29 is 4.74 Å². The molecule has 1 aromatic carbocycles. The van der Waals surface area contributed by atoms with Gasteiger partial charge in [-0.1, -0.05) is 6.07 Å². The molecule has 1 aliphatic rings. The van der Waals surface area contributed by atoms with Gasteiger partial charge < -0.3 is 4.74 Å². The van der Waals surface area contributed by atoms with Crippen LogP contribution in [0.5, 0.6) is 5.88 Å². The number of aliphatic imine (C=N–C) groups is 1. The van der Waals surface area contributed by atoms with Gasteiger partial charge in [-0.15, -0.1) is 5.10 Å². The molecule has 0 spiro atoms. The Labute approximate surface area is 167 Å². The second-order valence-electron chi connectivity index (χ2n) is 6.90. The molecule has 0 saturated heterocycles. The molecule has 0 amide bonds. The van der Waals surface area contributed by atoms with Gasteiger partial charge in [-0.05, 0) is 37.6 Å². The Hall–Kier alpha value is -3.91. The first kappa shape index (κ1) is 18.5. The molecule has 1 aliphatic heterocycles. The molecule has 0 saturated carbocycles. The fraction of sp³-hybridized carbons (Fsp3) is 0.286. The Morgan fingerprint density at radius 3 is 2.86 bits per heavy atom. The molecule has 0 radical (unpaired) electrons. The highest BCUT2D eigenvalue weighted by Crippen LogP contribution is 2.39. The molecule has 4 rings (SSSR count). The third-order valence-electron chi connectivity index (χ3n) is 5.12. The van der Waals surface area contributed by atoms with Crippen molar-refractivity contribution in [3.63, 3.8) is 0 Å². The van der Waals surface area contributed by atoms with Gasteiger partial charge in [0.05, 0.1) is 46.8 Å². The number of ether oxygens (including phenoxy) is 1. The molecule has 0 aliphatic carbocycles. The maximum Gasteiger partial charge on any atom is 0.240 e. The Morgan fingerprint density at radius 2 is 2.14 bits per heavy atom. The number of aromatic amines is 1. The molecule has 3 aromatic rings. The Bertz CT molecular complexity index is 1190. The van der Waals surface area contributed by atoms with Gasteiger partial charge in [0.25, 0.3) is 0 Å². The van der Waals surface area contributed by atoms with Crippen LogP contribution in [0, 0.1) is 28.6 Å². The maximum atomic E-state index is 9.71. The first-order valence-electron chi connectivity index (χ1n) is 9.26. The summed E-state index contributed by atoms with van der Waals surface area (Å²) in [6, 6.07) is 12.2. The summed E-state index contributed by atoms with van der Waals surface area (Å²) < 4.78 is 7.64. The van der Waals surface area contributed by atoms with E-state index in [2.05, 4.69) is 32.4 Å². The van der Waals surface area contributed by atoms with Gasteiger partial charge in [0.15, 0.2) is 0 Å². The van der Waals surface area contributed by atoms with Crippen LogP contribution in [0.1, 0.15) is 25.3 Å². The van der Waals surface area contributed by atoms with E-state index in [1.807, 2.05) is 44.3 Å². The van der Waals surface area contributed by atoms with Crippen molar-refractivity contribution in [3.05, 3.63) is 53.5 Å². The number of hydrogen-bond donors (Lipinski definition) is 1. The largest absolute Gasteiger partial charge is 0.474 e. The highest BCUT2D eigenvalue weighted by atomic mass is 16.5. The average molecular weight is 385 g/mol. The molecule has 8 nitrogen and oxygen atoms in total. The van der Waals surface area contributed by atoms with Gasteiger partial charge in [0.2, 0.25) is 5.88 Å². The van der Waals surface area contributed by atoms with Crippen molar-refractivity contribution >= 4 is 16.6 Å². The highest BCUT2D eigenvalue weighted by molar-refractivity contribution is 5.91. The summed E-state index contributed by atoms with van der Waals surface area (Å²) in [5.41, 5.74) is 3.59. The SMILES string of the molecule is CC1=NC(C)=C(C#N)C(c2ccc3[nH]nc(OCCn4cccn4)c3c2)C1C#N. The van der Waals surface area contributed by atoms with Gasteiger partial charge in [-0.2, -0.15) is 15.6 Å². The summed E-state index contributed by atoms with van der Waals surface area (Å²) >= 11 is 0. The van der Waals surface area contributed by atoms with E-state index >= 15 is 0 Å². The van der Waals surface area contributed by atoms with Crippen LogP contribution in [-0.4, -0.2) is 32.3 Å². The molecular weight excluding hydrogens is 366 g/mol. The maximum absolute atomic E-state index is 9.71. The molecular formula is C21H19N7O. The molecule has 8 heteroatoms. The average Bonchev–Trinajstić information content (AvgIpc) is 3.37. The smallest absolute Gasteiger partial charge is 0.240 e. The third-order valence-corrected chi connectivity index (χ3v) is 5.12. The van der Waals surface area contributed by atoms with Crippen LogP contribution in [0.3, 0.4) is 0 Å². The molecule has 3 heterocycles. The van der Waals surface area contributed by atoms with Crippen molar-refractivity contribution in [1.82, 2.24) is 20.0 Å². The summed E-state index contributed by atoms with van der Waals surface area (Å²) in [5, 5.41) is 31.6. The number of nitrogens with one attached hydrogen (secondary N) is 1. The molecule has 1 N–H and O–H groups in total. The van der Waals surface area contributed by atoms with Crippen molar-refractivity contribution in [2.45, 2.75) is 26.3 Å². The number of hydrogen-bond acceptors (Lipinski definition) is 6. The van der Waals surface area contributed by atoms with E-state index in [4.69, 9.17) is 4.74 Å². The summed E-state index contributed by atoms with van der Waals surface area (Å²) in [7, 11) is 0. The normalized spacial score (nSPS) is 19.0. The minimum Gasteiger partial charge on any atom is -0.474 e. The summed E-state index contributed by atoms with van der Waals surface area (Å²) in [4.78, 5) is 4.40. The standard InChI is InChI=1S/C21H19N7O/c1-13-17(11-22)20(18(12-23)14(2)25-13)15-4-5-19-16(10-15)21(27-26-19)29-9-8-28-7-3-6-24-28/h3-7,10,17,20H,8-9H2,1-2H3,(H,26,27). The second kappa shape index (κ2) is 7.61. The van der Waals surface area contributed by atoms with Crippen LogP contribution >= 0.6 is 0 Å². The van der Waals surface area contributed by atoms with Gasteiger partial charge >= 0.3 is 0 Å². The summed E-state index contributed by atoms with van der Waals surface area (Å²) in [6.45, 7) is 4.67. The Morgan fingerprint density at radius 1 is 1.28 bits per heavy atom. The number of aromatic nitrogens is 4. The highest BCUT2D eigenvalue weighted by Gasteiger charge is 2.34. The van der Waals surface area contributed by atoms with Gasteiger partial charge in [0, 0.05) is 24.0 Å². The minimum atomic E-state index is -0.484. The zero-order chi connectivity index (χ0) is 20.4. The van der Waals surface area contributed by atoms with Gasteiger partial charge in [-0.25, -0.2) is 0 Å². The molecule has 29 heavy (non-hydrogen) atoms. The Kier molecular flexibility index (Phi) is 4.84. The van der Waals surface area contributed by atoms with E-state index in [1.54, 1.807) is 10.9 Å². The topological polar surface area (TPSA) is 116 Å². The van der Waals surface area contributed by atoms with E-state index in [9.17, 15) is 10.5 Å². The predicted octanol–water partition coefficient (Wildman–Crippen LogP) is 3.33.